The van der Waals surface area contributed by atoms with E-state index in [4.69, 9.17) is 19.4 Å². The topological polar surface area (TPSA) is 205 Å². The van der Waals surface area contributed by atoms with Gasteiger partial charge in [-0.3, -0.25) is 4.52 Å². The lowest BCUT2D eigenvalue weighted by molar-refractivity contribution is -0.145. The van der Waals surface area contributed by atoms with Gasteiger partial charge in [0.1, 0.15) is 4.99 Å². The Morgan fingerprint density at radius 1 is 1.30 bits per heavy atom. The molecule has 0 saturated carbocycles. The second-order valence-electron chi connectivity index (χ2n) is 6.25. The molecule has 6 N–H and O–H groups in total. The number of aliphatic hydroxyl groups excluding tert-OH is 1. The van der Waals surface area contributed by atoms with Crippen LogP contribution in [0.1, 0.15) is 13.3 Å². The van der Waals surface area contributed by atoms with Crippen LogP contribution in [0, 0.1) is 0 Å². The van der Waals surface area contributed by atoms with Crippen molar-refractivity contribution < 1.29 is 65.0 Å². The van der Waals surface area contributed by atoms with Gasteiger partial charge in [-0.05, 0) is 6.92 Å². The minimum absolute atomic E-state index is 0.415. The molecule has 0 aliphatic carbocycles. The van der Waals surface area contributed by atoms with Gasteiger partial charge < -0.3 is 39.6 Å². The van der Waals surface area contributed by atoms with Crippen molar-refractivity contribution >= 4 is 40.7 Å². The standard InChI is InChI=1S/C10H17F2N2O12P3S/c1-10(12)2-5(24-8(10)14-3-6(11)7(30)13-9(14)15)4-23-28(19,20)26-29(21,22)25-27(16,17)18/h3,5,8-9,15H,2,4H2,1H3,(H,13,30)(H,19,20)(H,21,22)(H2,16,17,18)/t5-,8+,9?,10?/m0/s1. The summed E-state index contributed by atoms with van der Waals surface area (Å²) in [4.78, 5) is 35.7. The summed E-state index contributed by atoms with van der Waals surface area (Å²) in [5.41, 5.74) is -2.23. The number of alkyl halides is 1. The third-order valence-electron chi connectivity index (χ3n) is 3.60. The highest BCUT2D eigenvalue weighted by molar-refractivity contribution is 7.80. The van der Waals surface area contributed by atoms with Gasteiger partial charge in [-0.25, -0.2) is 22.5 Å². The van der Waals surface area contributed by atoms with E-state index in [1.807, 2.05) is 0 Å². The summed E-state index contributed by atoms with van der Waals surface area (Å²) in [5.74, 6) is -0.980. The molecule has 0 spiro atoms. The first-order valence-corrected chi connectivity index (χ1v) is 12.6. The third kappa shape index (κ3) is 7.07. The zero-order chi connectivity index (χ0) is 23.1. The Morgan fingerprint density at radius 3 is 2.47 bits per heavy atom. The van der Waals surface area contributed by atoms with Crippen LogP contribution in [-0.4, -0.2) is 65.5 Å². The molecule has 1 saturated heterocycles. The van der Waals surface area contributed by atoms with Crippen molar-refractivity contribution in [2.45, 2.75) is 37.7 Å². The fraction of sp³-hybridized carbons (Fsp3) is 0.700. The Kier molecular flexibility index (Phi) is 7.65. The molecule has 0 amide bonds. The number of phosphoric acid groups is 3. The van der Waals surface area contributed by atoms with Crippen LogP contribution < -0.4 is 5.32 Å². The number of nitrogens with one attached hydrogen (secondary N) is 1. The number of aliphatic hydroxyl groups is 1. The number of ether oxygens (including phenoxy) is 1. The SMILES string of the molecule is CC1(F)C[C@@H](COP(=O)(O)OP(=O)(O)OP(=O)(O)O)O[C@H]1N1C=C(F)C(=S)NC1O. The average molecular weight is 520 g/mol. The van der Waals surface area contributed by atoms with E-state index in [2.05, 4.69) is 30.7 Å². The van der Waals surface area contributed by atoms with E-state index < -0.39 is 71.7 Å². The van der Waals surface area contributed by atoms with E-state index in [0.717, 1.165) is 11.8 Å². The summed E-state index contributed by atoms with van der Waals surface area (Å²) >= 11 is 4.60. The Hall–Kier alpha value is -0.380. The minimum Gasteiger partial charge on any atom is -0.356 e. The maximum atomic E-state index is 14.9. The van der Waals surface area contributed by atoms with Gasteiger partial charge in [0.15, 0.2) is 17.7 Å². The number of rotatable bonds is 8. The van der Waals surface area contributed by atoms with Crippen molar-refractivity contribution in [1.29, 1.82) is 0 Å². The molecule has 0 aromatic rings. The molecule has 0 aromatic heterocycles. The number of hydrogen-bond acceptors (Lipinski definition) is 10. The van der Waals surface area contributed by atoms with Crippen molar-refractivity contribution in [3.8, 4) is 0 Å². The van der Waals surface area contributed by atoms with Crippen LogP contribution in [0.4, 0.5) is 8.78 Å². The van der Waals surface area contributed by atoms with Crippen LogP contribution >= 0.6 is 35.7 Å². The van der Waals surface area contributed by atoms with Crippen LogP contribution in [0.3, 0.4) is 0 Å². The van der Waals surface area contributed by atoms with E-state index in [1.165, 1.54) is 0 Å². The predicted molar refractivity (Wildman–Crippen MR) is 95.4 cm³/mol. The van der Waals surface area contributed by atoms with E-state index in [-0.39, 0.29) is 0 Å². The minimum atomic E-state index is -5.70. The van der Waals surface area contributed by atoms with Gasteiger partial charge in [0.05, 0.1) is 12.7 Å². The summed E-state index contributed by atoms with van der Waals surface area (Å²) in [6, 6.07) is 0. The third-order valence-corrected chi connectivity index (χ3v) is 7.71. The van der Waals surface area contributed by atoms with Crippen LogP contribution in [0.15, 0.2) is 12.0 Å². The number of phosphoric ester groups is 1. The highest BCUT2D eigenvalue weighted by Gasteiger charge is 2.51. The molecule has 2 heterocycles. The van der Waals surface area contributed by atoms with Gasteiger partial charge in [-0.2, -0.15) is 8.62 Å². The fourth-order valence-corrected chi connectivity index (χ4v) is 5.80. The van der Waals surface area contributed by atoms with Gasteiger partial charge in [-0.15, -0.1) is 0 Å². The molecule has 0 radical (unpaired) electrons. The second kappa shape index (κ2) is 8.87. The Labute approximate surface area is 172 Å². The summed E-state index contributed by atoms with van der Waals surface area (Å²) < 4.78 is 78.8. The van der Waals surface area contributed by atoms with Crippen molar-refractivity contribution in [1.82, 2.24) is 10.2 Å². The molecular formula is C10H17F2N2O12P3S. The van der Waals surface area contributed by atoms with E-state index in [9.17, 15) is 32.5 Å². The van der Waals surface area contributed by atoms with Crippen LogP contribution in [0.25, 0.3) is 0 Å². The van der Waals surface area contributed by atoms with E-state index >= 15 is 0 Å². The number of nitrogens with zero attached hydrogens (tertiary/aromatic N) is 1. The maximum absolute atomic E-state index is 14.9. The normalized spacial score (nSPS) is 34.1. The molecule has 0 aromatic carbocycles. The zero-order valence-corrected chi connectivity index (χ0v) is 18.3. The summed E-state index contributed by atoms with van der Waals surface area (Å²) in [7, 11) is -16.7. The first-order chi connectivity index (χ1) is 13.4. The Balaban J connectivity index is 2.02. The monoisotopic (exact) mass is 520 g/mol. The predicted octanol–water partition coefficient (Wildman–Crippen LogP) is 0.492. The molecule has 20 heteroatoms. The Bertz CT molecular complexity index is 867. The lowest BCUT2D eigenvalue weighted by Crippen LogP contribution is -2.57. The summed E-state index contributed by atoms with van der Waals surface area (Å²) in [5, 5.41) is 12.1. The van der Waals surface area contributed by atoms with Gasteiger partial charge in [-0.1, -0.05) is 12.2 Å². The zero-order valence-electron chi connectivity index (χ0n) is 14.8. The van der Waals surface area contributed by atoms with Crippen LogP contribution in [0.5, 0.6) is 0 Å². The molecule has 14 nitrogen and oxygen atoms in total. The molecule has 174 valence electrons. The Morgan fingerprint density at radius 2 is 1.90 bits per heavy atom. The van der Waals surface area contributed by atoms with E-state index in [1.54, 1.807) is 0 Å². The van der Waals surface area contributed by atoms with Crippen LogP contribution in [0.2, 0.25) is 0 Å². The van der Waals surface area contributed by atoms with Crippen molar-refractivity contribution in [3.05, 3.63) is 12.0 Å². The first-order valence-electron chi connectivity index (χ1n) is 7.67. The summed E-state index contributed by atoms with van der Waals surface area (Å²) in [6.45, 7) is 0.134. The number of hydrogen-bond donors (Lipinski definition) is 6. The first kappa shape index (κ1) is 25.9. The van der Waals surface area contributed by atoms with Gasteiger partial charge in [0.25, 0.3) is 0 Å². The fourth-order valence-electron chi connectivity index (χ4n) is 2.59. The van der Waals surface area contributed by atoms with Gasteiger partial charge in [0, 0.05) is 12.6 Å². The molecule has 1 fully saturated rings. The maximum Gasteiger partial charge on any atom is 0.490 e. The van der Waals surface area contributed by atoms with Crippen molar-refractivity contribution in [2.75, 3.05) is 6.61 Å². The molecule has 2 rings (SSSR count). The molecular weight excluding hydrogens is 503 g/mol. The molecule has 2 aliphatic rings. The lowest BCUT2D eigenvalue weighted by Gasteiger charge is -2.38. The number of thiocarbonyl (C=S) groups is 1. The molecule has 4 unspecified atom stereocenters. The van der Waals surface area contributed by atoms with Crippen molar-refractivity contribution in [2.24, 2.45) is 0 Å². The second-order valence-corrected chi connectivity index (χ2v) is 11.1. The average Bonchev–Trinajstić information content (AvgIpc) is 2.80. The van der Waals surface area contributed by atoms with Crippen LogP contribution in [-0.2, 0) is 31.6 Å². The highest BCUT2D eigenvalue weighted by atomic mass is 32.1. The summed E-state index contributed by atoms with van der Waals surface area (Å²) in [6.07, 6.45) is -4.31. The lowest BCUT2D eigenvalue weighted by atomic mass is 10.0. The quantitative estimate of drug-likeness (QED) is 0.190. The number of halogens is 2. The molecule has 0 bridgehead atoms. The van der Waals surface area contributed by atoms with E-state index in [0.29, 0.717) is 6.20 Å². The molecule has 6 atom stereocenters. The van der Waals surface area contributed by atoms with Gasteiger partial charge >= 0.3 is 23.5 Å². The van der Waals surface area contributed by atoms with Crippen molar-refractivity contribution in [3.63, 3.8) is 0 Å². The highest BCUT2D eigenvalue weighted by Crippen LogP contribution is 2.66. The smallest absolute Gasteiger partial charge is 0.356 e. The largest absolute Gasteiger partial charge is 0.490 e. The molecule has 2 aliphatic heterocycles. The molecule has 30 heavy (non-hydrogen) atoms. The van der Waals surface area contributed by atoms with Gasteiger partial charge in [0.2, 0.25) is 6.35 Å².